The Morgan fingerprint density at radius 2 is 2.03 bits per heavy atom. The molecule has 1 aromatic carbocycles. The Kier molecular flexibility index (Phi) is 6.90. The number of guanidine groups is 1. The molecule has 4 rings (SSSR count). The van der Waals surface area contributed by atoms with Crippen LogP contribution in [0.3, 0.4) is 0 Å². The van der Waals surface area contributed by atoms with E-state index in [0.29, 0.717) is 12.7 Å². The molecule has 156 valence electrons. The Morgan fingerprint density at radius 3 is 2.83 bits per heavy atom. The number of fused-ring (bicyclic) bond motifs is 1. The van der Waals surface area contributed by atoms with E-state index in [0.717, 1.165) is 43.5 Å². The maximum Gasteiger partial charge on any atom is 0.231 e. The van der Waals surface area contributed by atoms with Crippen molar-refractivity contribution in [1.29, 1.82) is 0 Å². The van der Waals surface area contributed by atoms with E-state index in [1.807, 2.05) is 24.5 Å². The molecular weight excluding hydrogens is 384 g/mol. The summed E-state index contributed by atoms with van der Waals surface area (Å²) in [6, 6.07) is 10.5. The minimum absolute atomic E-state index is 0.320. The standard InChI is InChI=1S/C22H30N4O2S/c1-23-22(24-9-6-17-4-5-20-21(13-17)28-16-27-20)25-14-18-7-10-26(11-8-18)15-19-3-2-12-29-19/h2-5,12-13,18H,6-11,14-16H2,1H3,(H2,23,24,25). The zero-order valence-corrected chi connectivity index (χ0v) is 17.8. The van der Waals surface area contributed by atoms with Crippen LogP contribution in [0.4, 0.5) is 0 Å². The predicted molar refractivity (Wildman–Crippen MR) is 118 cm³/mol. The van der Waals surface area contributed by atoms with Crippen LogP contribution in [0, 0.1) is 5.92 Å². The zero-order chi connectivity index (χ0) is 19.9. The van der Waals surface area contributed by atoms with E-state index in [4.69, 9.17) is 9.47 Å². The quantitative estimate of drug-likeness (QED) is 0.539. The van der Waals surface area contributed by atoms with Gasteiger partial charge in [-0.15, -0.1) is 11.3 Å². The molecule has 0 saturated carbocycles. The smallest absolute Gasteiger partial charge is 0.231 e. The van der Waals surface area contributed by atoms with Gasteiger partial charge in [0.2, 0.25) is 6.79 Å². The molecule has 7 heteroatoms. The molecule has 2 N–H and O–H groups in total. The largest absolute Gasteiger partial charge is 0.454 e. The van der Waals surface area contributed by atoms with Crippen molar-refractivity contribution in [2.24, 2.45) is 10.9 Å². The van der Waals surface area contributed by atoms with E-state index in [1.54, 1.807) is 0 Å². The van der Waals surface area contributed by atoms with E-state index < -0.39 is 0 Å². The van der Waals surface area contributed by atoms with Gasteiger partial charge in [-0.05, 0) is 67.4 Å². The van der Waals surface area contributed by atoms with E-state index in [2.05, 4.69) is 50.2 Å². The van der Waals surface area contributed by atoms with Crippen LogP contribution in [-0.2, 0) is 13.0 Å². The first-order valence-corrected chi connectivity index (χ1v) is 11.3. The summed E-state index contributed by atoms with van der Waals surface area (Å²) in [5.41, 5.74) is 1.23. The van der Waals surface area contributed by atoms with Gasteiger partial charge in [0, 0.05) is 31.6 Å². The van der Waals surface area contributed by atoms with Crippen LogP contribution < -0.4 is 20.1 Å². The normalized spacial score (nSPS) is 17.5. The maximum atomic E-state index is 5.45. The lowest BCUT2D eigenvalue weighted by Gasteiger charge is -2.32. The molecule has 0 unspecified atom stereocenters. The van der Waals surface area contributed by atoms with Gasteiger partial charge in [-0.1, -0.05) is 12.1 Å². The van der Waals surface area contributed by atoms with Crippen molar-refractivity contribution < 1.29 is 9.47 Å². The first-order chi connectivity index (χ1) is 14.3. The summed E-state index contributed by atoms with van der Waals surface area (Å²) in [5.74, 6) is 3.27. The van der Waals surface area contributed by atoms with Gasteiger partial charge in [-0.2, -0.15) is 0 Å². The molecule has 1 aromatic heterocycles. The third kappa shape index (κ3) is 5.64. The summed E-state index contributed by atoms with van der Waals surface area (Å²) in [4.78, 5) is 8.40. The van der Waals surface area contributed by atoms with Gasteiger partial charge in [0.05, 0.1) is 0 Å². The topological polar surface area (TPSA) is 58.1 Å². The molecule has 3 heterocycles. The molecule has 2 aliphatic rings. The summed E-state index contributed by atoms with van der Waals surface area (Å²) in [7, 11) is 1.83. The van der Waals surface area contributed by atoms with Crippen LogP contribution in [-0.4, -0.2) is 50.9 Å². The number of nitrogens with one attached hydrogen (secondary N) is 2. The van der Waals surface area contributed by atoms with Gasteiger partial charge in [0.25, 0.3) is 0 Å². The second-order valence-electron chi connectivity index (χ2n) is 7.62. The molecule has 0 amide bonds. The van der Waals surface area contributed by atoms with Crippen molar-refractivity contribution in [3.05, 3.63) is 46.2 Å². The number of rotatable bonds is 7. The van der Waals surface area contributed by atoms with Gasteiger partial charge >= 0.3 is 0 Å². The summed E-state index contributed by atoms with van der Waals surface area (Å²) in [6.45, 7) is 5.59. The minimum atomic E-state index is 0.320. The number of nitrogens with zero attached hydrogens (tertiary/aromatic N) is 2. The lowest BCUT2D eigenvalue weighted by atomic mass is 9.97. The molecule has 0 spiro atoms. The van der Waals surface area contributed by atoms with Crippen molar-refractivity contribution in [1.82, 2.24) is 15.5 Å². The fourth-order valence-corrected chi connectivity index (χ4v) is 4.60. The highest BCUT2D eigenvalue weighted by molar-refractivity contribution is 7.09. The van der Waals surface area contributed by atoms with E-state index in [9.17, 15) is 0 Å². The highest BCUT2D eigenvalue weighted by Gasteiger charge is 2.19. The lowest BCUT2D eigenvalue weighted by Crippen LogP contribution is -2.43. The van der Waals surface area contributed by atoms with Crippen LogP contribution >= 0.6 is 11.3 Å². The lowest BCUT2D eigenvalue weighted by molar-refractivity contribution is 0.174. The Morgan fingerprint density at radius 1 is 1.17 bits per heavy atom. The van der Waals surface area contributed by atoms with Gasteiger partial charge < -0.3 is 20.1 Å². The fraction of sp³-hybridized carbons (Fsp3) is 0.500. The van der Waals surface area contributed by atoms with Crippen molar-refractivity contribution in [3.8, 4) is 11.5 Å². The third-order valence-electron chi connectivity index (χ3n) is 5.59. The van der Waals surface area contributed by atoms with E-state index in [-0.39, 0.29) is 0 Å². The van der Waals surface area contributed by atoms with Crippen molar-refractivity contribution in [2.75, 3.05) is 40.0 Å². The number of thiophene rings is 1. The summed E-state index contributed by atoms with van der Waals surface area (Å²) >= 11 is 1.85. The molecule has 2 aromatic rings. The maximum absolute atomic E-state index is 5.45. The molecule has 6 nitrogen and oxygen atoms in total. The number of piperidine rings is 1. The van der Waals surface area contributed by atoms with Gasteiger partial charge in [-0.3, -0.25) is 9.89 Å². The van der Waals surface area contributed by atoms with Crippen molar-refractivity contribution in [2.45, 2.75) is 25.8 Å². The number of ether oxygens (including phenoxy) is 2. The third-order valence-corrected chi connectivity index (χ3v) is 6.45. The average Bonchev–Trinajstić information content (AvgIpc) is 3.43. The molecule has 1 fully saturated rings. The first kappa shape index (κ1) is 20.0. The SMILES string of the molecule is CN=C(NCCc1ccc2c(c1)OCO2)NCC1CCN(Cc2cccs2)CC1. The number of hydrogen-bond acceptors (Lipinski definition) is 5. The number of likely N-dealkylation sites (tertiary alicyclic amines) is 1. The number of benzene rings is 1. The summed E-state index contributed by atoms with van der Waals surface area (Å²) < 4.78 is 10.8. The van der Waals surface area contributed by atoms with Gasteiger partial charge in [0.1, 0.15) is 0 Å². The molecular formula is C22H30N4O2S. The predicted octanol–water partition coefficient (Wildman–Crippen LogP) is 3.10. The van der Waals surface area contributed by atoms with Crippen molar-refractivity contribution >= 4 is 17.3 Å². The molecule has 0 atom stereocenters. The minimum Gasteiger partial charge on any atom is -0.454 e. The van der Waals surface area contributed by atoms with Gasteiger partial charge in [0.15, 0.2) is 17.5 Å². The molecule has 1 saturated heterocycles. The van der Waals surface area contributed by atoms with Crippen molar-refractivity contribution in [3.63, 3.8) is 0 Å². The summed E-state index contributed by atoms with van der Waals surface area (Å²) in [5, 5.41) is 9.09. The van der Waals surface area contributed by atoms with E-state index >= 15 is 0 Å². The summed E-state index contributed by atoms with van der Waals surface area (Å²) in [6.07, 6.45) is 3.40. The highest BCUT2D eigenvalue weighted by Crippen LogP contribution is 2.32. The number of hydrogen-bond donors (Lipinski definition) is 2. The molecule has 29 heavy (non-hydrogen) atoms. The molecule has 0 bridgehead atoms. The second-order valence-corrected chi connectivity index (χ2v) is 8.65. The van der Waals surface area contributed by atoms with Crippen LogP contribution in [0.2, 0.25) is 0 Å². The Hall–Kier alpha value is -2.25. The van der Waals surface area contributed by atoms with Crippen LogP contribution in [0.25, 0.3) is 0 Å². The van der Waals surface area contributed by atoms with Crippen LogP contribution in [0.5, 0.6) is 11.5 Å². The zero-order valence-electron chi connectivity index (χ0n) is 17.0. The molecule has 0 aliphatic carbocycles. The Bertz CT molecular complexity index is 801. The van der Waals surface area contributed by atoms with Crippen LogP contribution in [0.1, 0.15) is 23.3 Å². The van der Waals surface area contributed by atoms with E-state index in [1.165, 1.54) is 36.4 Å². The second kappa shape index (κ2) is 9.98. The molecule has 2 aliphatic heterocycles. The highest BCUT2D eigenvalue weighted by atomic mass is 32.1. The monoisotopic (exact) mass is 414 g/mol. The Balaban J connectivity index is 1.14. The van der Waals surface area contributed by atoms with Gasteiger partial charge in [-0.25, -0.2) is 0 Å². The average molecular weight is 415 g/mol. The Labute approximate surface area is 176 Å². The fourth-order valence-electron chi connectivity index (χ4n) is 3.85. The van der Waals surface area contributed by atoms with Crippen LogP contribution in [0.15, 0.2) is 40.7 Å². The molecule has 0 radical (unpaired) electrons. The number of aliphatic imine (C=N–C) groups is 1. The first-order valence-electron chi connectivity index (χ1n) is 10.4.